The molecule has 0 unspecified atom stereocenters. The first-order valence-corrected chi connectivity index (χ1v) is 7.87. The van der Waals surface area contributed by atoms with Crippen LogP contribution in [0.4, 0.5) is 0 Å². The van der Waals surface area contributed by atoms with Gasteiger partial charge in [-0.05, 0) is 43.9 Å². The van der Waals surface area contributed by atoms with Crippen molar-refractivity contribution in [1.29, 1.82) is 5.26 Å². The van der Waals surface area contributed by atoms with Crippen molar-refractivity contribution in [3.8, 4) is 6.07 Å². The number of esters is 1. The zero-order valence-electron chi connectivity index (χ0n) is 11.9. The minimum Gasteiger partial charge on any atom is -0.452 e. The van der Waals surface area contributed by atoms with Crippen LogP contribution in [0.5, 0.6) is 0 Å². The van der Waals surface area contributed by atoms with E-state index >= 15 is 0 Å². The van der Waals surface area contributed by atoms with Crippen LogP contribution in [0.25, 0.3) is 0 Å². The van der Waals surface area contributed by atoms with Gasteiger partial charge in [-0.25, -0.2) is 4.79 Å². The molecular formula is C15H14BrClN2O3. The van der Waals surface area contributed by atoms with Crippen molar-refractivity contribution < 1.29 is 14.3 Å². The minimum atomic E-state index is -0.906. The number of nitriles is 1. The molecule has 0 saturated heterocycles. The van der Waals surface area contributed by atoms with E-state index in [0.717, 1.165) is 12.8 Å². The second-order valence-electron chi connectivity index (χ2n) is 5.34. The summed E-state index contributed by atoms with van der Waals surface area (Å²) >= 11 is 9.15. The third-order valence-electron chi connectivity index (χ3n) is 3.51. The van der Waals surface area contributed by atoms with Crippen molar-refractivity contribution in [3.05, 3.63) is 33.3 Å². The molecule has 7 heteroatoms. The SMILES string of the molecule is C[C@@](C#N)(NC(=O)COC(=O)c1cc(Br)ccc1Cl)C1CC1. The quantitative estimate of drug-likeness (QED) is 0.790. The smallest absolute Gasteiger partial charge is 0.340 e. The number of amides is 1. The van der Waals surface area contributed by atoms with Gasteiger partial charge < -0.3 is 10.1 Å². The van der Waals surface area contributed by atoms with Crippen molar-refractivity contribution in [2.24, 2.45) is 5.92 Å². The summed E-state index contributed by atoms with van der Waals surface area (Å²) in [6, 6.07) is 6.88. The van der Waals surface area contributed by atoms with E-state index in [0.29, 0.717) is 4.47 Å². The number of rotatable bonds is 5. The molecule has 2 rings (SSSR count). The Labute approximate surface area is 141 Å². The van der Waals surface area contributed by atoms with E-state index in [9.17, 15) is 14.9 Å². The summed E-state index contributed by atoms with van der Waals surface area (Å²) in [6.07, 6.45) is 1.83. The van der Waals surface area contributed by atoms with E-state index in [1.54, 1.807) is 19.1 Å². The summed E-state index contributed by atoms with van der Waals surface area (Å²) in [5.41, 5.74) is -0.731. The van der Waals surface area contributed by atoms with Gasteiger partial charge in [-0.15, -0.1) is 0 Å². The average Bonchev–Trinajstić information content (AvgIpc) is 3.32. The molecule has 0 bridgehead atoms. The maximum atomic E-state index is 11.9. The number of hydrogen-bond acceptors (Lipinski definition) is 4. The van der Waals surface area contributed by atoms with Crippen LogP contribution in [0.2, 0.25) is 5.02 Å². The first kappa shape index (κ1) is 16.8. The molecule has 1 aliphatic rings. The van der Waals surface area contributed by atoms with Crippen molar-refractivity contribution in [1.82, 2.24) is 5.32 Å². The van der Waals surface area contributed by atoms with E-state index in [-0.39, 0.29) is 16.5 Å². The van der Waals surface area contributed by atoms with Gasteiger partial charge in [0.15, 0.2) is 6.61 Å². The highest BCUT2D eigenvalue weighted by Gasteiger charge is 2.43. The van der Waals surface area contributed by atoms with Crippen molar-refractivity contribution in [2.45, 2.75) is 25.3 Å². The van der Waals surface area contributed by atoms with Crippen LogP contribution in [-0.4, -0.2) is 24.0 Å². The van der Waals surface area contributed by atoms with Gasteiger partial charge in [0, 0.05) is 4.47 Å². The summed E-state index contributed by atoms with van der Waals surface area (Å²) in [5.74, 6) is -1.03. The molecule has 1 fully saturated rings. The van der Waals surface area contributed by atoms with Crippen LogP contribution in [0, 0.1) is 17.2 Å². The summed E-state index contributed by atoms with van der Waals surface area (Å²) in [7, 11) is 0. The maximum absolute atomic E-state index is 11.9. The average molecular weight is 386 g/mol. The zero-order valence-corrected chi connectivity index (χ0v) is 14.2. The van der Waals surface area contributed by atoms with Crippen LogP contribution in [0.3, 0.4) is 0 Å². The van der Waals surface area contributed by atoms with Gasteiger partial charge in [-0.3, -0.25) is 4.79 Å². The summed E-state index contributed by atoms with van der Waals surface area (Å²) in [5, 5.41) is 12.0. The number of nitrogens with zero attached hydrogens (tertiary/aromatic N) is 1. The number of hydrogen-bond donors (Lipinski definition) is 1. The number of carbonyl (C=O) groups is 2. The number of nitrogens with one attached hydrogen (secondary N) is 1. The first-order valence-electron chi connectivity index (χ1n) is 6.70. The van der Waals surface area contributed by atoms with Crippen LogP contribution >= 0.6 is 27.5 Å². The van der Waals surface area contributed by atoms with Gasteiger partial charge in [0.1, 0.15) is 5.54 Å². The summed E-state index contributed by atoms with van der Waals surface area (Å²) < 4.78 is 5.63. The van der Waals surface area contributed by atoms with Crippen molar-refractivity contribution >= 4 is 39.4 Å². The largest absolute Gasteiger partial charge is 0.452 e. The van der Waals surface area contributed by atoms with Crippen LogP contribution < -0.4 is 5.32 Å². The first-order chi connectivity index (χ1) is 10.4. The predicted molar refractivity (Wildman–Crippen MR) is 84.3 cm³/mol. The highest BCUT2D eigenvalue weighted by Crippen LogP contribution is 2.39. The fraction of sp³-hybridized carbons (Fsp3) is 0.400. The Hall–Kier alpha value is -1.58. The topological polar surface area (TPSA) is 79.2 Å². The third-order valence-corrected chi connectivity index (χ3v) is 4.33. The molecule has 0 spiro atoms. The molecule has 0 aromatic heterocycles. The molecule has 1 aliphatic carbocycles. The monoisotopic (exact) mass is 384 g/mol. The lowest BCUT2D eigenvalue weighted by molar-refractivity contribution is -0.125. The number of carbonyl (C=O) groups excluding carboxylic acids is 2. The molecule has 0 radical (unpaired) electrons. The lowest BCUT2D eigenvalue weighted by Crippen LogP contribution is -2.48. The van der Waals surface area contributed by atoms with Crippen molar-refractivity contribution in [2.75, 3.05) is 6.61 Å². The Morgan fingerprint density at radius 2 is 2.23 bits per heavy atom. The molecule has 0 heterocycles. The maximum Gasteiger partial charge on any atom is 0.340 e. The molecule has 22 heavy (non-hydrogen) atoms. The van der Waals surface area contributed by atoms with Gasteiger partial charge in [-0.1, -0.05) is 27.5 Å². The molecule has 1 N–H and O–H groups in total. The molecule has 1 aromatic carbocycles. The Kier molecular flexibility index (Phi) is 5.09. The van der Waals surface area contributed by atoms with E-state index < -0.39 is 24.0 Å². The lowest BCUT2D eigenvalue weighted by Gasteiger charge is -2.22. The Morgan fingerprint density at radius 1 is 1.55 bits per heavy atom. The predicted octanol–water partition coefficient (Wildman–Crippen LogP) is 3.07. The molecule has 1 atom stereocenters. The fourth-order valence-electron chi connectivity index (χ4n) is 2.07. The fourth-order valence-corrected chi connectivity index (χ4v) is 2.63. The molecule has 116 valence electrons. The summed E-state index contributed by atoms with van der Waals surface area (Å²) in [6.45, 7) is 1.22. The molecule has 1 amide bonds. The summed E-state index contributed by atoms with van der Waals surface area (Å²) in [4.78, 5) is 23.8. The molecule has 1 saturated carbocycles. The van der Waals surface area contributed by atoms with Gasteiger partial charge in [0.05, 0.1) is 16.7 Å². The Balaban J connectivity index is 1.92. The van der Waals surface area contributed by atoms with Gasteiger partial charge in [0.25, 0.3) is 5.91 Å². The van der Waals surface area contributed by atoms with Gasteiger partial charge in [-0.2, -0.15) is 5.26 Å². The Bertz CT molecular complexity index is 655. The van der Waals surface area contributed by atoms with Crippen LogP contribution in [0.1, 0.15) is 30.1 Å². The highest BCUT2D eigenvalue weighted by molar-refractivity contribution is 9.10. The molecule has 1 aromatic rings. The van der Waals surface area contributed by atoms with E-state index in [2.05, 4.69) is 27.3 Å². The zero-order chi connectivity index (χ0) is 16.3. The normalized spacial score (nSPS) is 16.3. The molecule has 5 nitrogen and oxygen atoms in total. The van der Waals surface area contributed by atoms with Gasteiger partial charge in [0.2, 0.25) is 0 Å². The van der Waals surface area contributed by atoms with E-state index in [1.807, 2.05) is 0 Å². The lowest BCUT2D eigenvalue weighted by atomic mass is 9.98. The molecule has 0 aliphatic heterocycles. The molecular weight excluding hydrogens is 372 g/mol. The van der Waals surface area contributed by atoms with Crippen molar-refractivity contribution in [3.63, 3.8) is 0 Å². The number of benzene rings is 1. The minimum absolute atomic E-state index is 0.164. The highest BCUT2D eigenvalue weighted by atomic mass is 79.9. The van der Waals surface area contributed by atoms with E-state index in [1.165, 1.54) is 6.07 Å². The Morgan fingerprint density at radius 3 is 2.82 bits per heavy atom. The second kappa shape index (κ2) is 6.67. The number of halogens is 2. The van der Waals surface area contributed by atoms with Crippen LogP contribution in [0.15, 0.2) is 22.7 Å². The standard InChI is InChI=1S/C15H14BrClN2O3/c1-15(8-18,9-2-3-9)19-13(20)7-22-14(21)11-6-10(16)4-5-12(11)17/h4-6,9H,2-3,7H2,1H3,(H,19,20)/t15-/m0/s1. The third kappa shape index (κ3) is 3.99. The second-order valence-corrected chi connectivity index (χ2v) is 6.66. The van der Waals surface area contributed by atoms with E-state index in [4.69, 9.17) is 16.3 Å². The van der Waals surface area contributed by atoms with Gasteiger partial charge >= 0.3 is 5.97 Å². The van der Waals surface area contributed by atoms with Crippen LogP contribution in [-0.2, 0) is 9.53 Å². The number of ether oxygens (including phenoxy) is 1.